The van der Waals surface area contributed by atoms with E-state index >= 15 is 0 Å². The molecule has 0 radical (unpaired) electrons. The number of H-pyrrole nitrogens is 1. The molecule has 7 heteroatoms. The Hall–Kier alpha value is -1.63. The first-order chi connectivity index (χ1) is 7.81. The molecule has 1 N–H and O–H groups in total. The van der Waals surface area contributed by atoms with E-state index in [1.165, 1.54) is 6.20 Å². The van der Waals surface area contributed by atoms with Crippen LogP contribution < -0.4 is 10.2 Å². The van der Waals surface area contributed by atoms with Crippen molar-refractivity contribution >= 4 is 13.8 Å². The van der Waals surface area contributed by atoms with Gasteiger partial charge in [-0.2, -0.15) is 0 Å². The van der Waals surface area contributed by atoms with Crippen molar-refractivity contribution in [3.8, 4) is 5.88 Å². The van der Waals surface area contributed by atoms with Gasteiger partial charge in [0.05, 0.1) is 11.5 Å². The molecule has 0 aliphatic rings. The summed E-state index contributed by atoms with van der Waals surface area (Å²) in [6.07, 6.45) is 1.35. The third-order valence-electron chi connectivity index (χ3n) is 2.18. The van der Waals surface area contributed by atoms with E-state index in [-0.39, 0.29) is 5.88 Å². The van der Waals surface area contributed by atoms with Gasteiger partial charge in [-0.15, -0.1) is 0 Å². The monoisotopic (exact) mass is 256 g/mol. The molecule has 0 fully saturated rings. The van der Waals surface area contributed by atoms with E-state index in [9.17, 15) is 14.9 Å². The summed E-state index contributed by atoms with van der Waals surface area (Å²) in [5.41, 5.74) is -1.17. The van der Waals surface area contributed by atoms with Crippen LogP contribution >= 0.6 is 0 Å². The van der Waals surface area contributed by atoms with Crippen molar-refractivity contribution in [3.05, 3.63) is 32.6 Å². The van der Waals surface area contributed by atoms with Crippen LogP contribution in [-0.2, 0) is 0 Å². The maximum absolute atomic E-state index is 11.3. The molecule has 0 unspecified atom stereocenters. The van der Waals surface area contributed by atoms with E-state index in [2.05, 4.69) is 24.6 Å². The summed E-state index contributed by atoms with van der Waals surface area (Å²) >= 11 is 0. The van der Waals surface area contributed by atoms with Gasteiger partial charge in [-0.3, -0.25) is 14.9 Å². The molecule has 0 aliphatic carbocycles. The largest absolute Gasteiger partial charge is 0.474 e. The lowest BCUT2D eigenvalue weighted by atomic mass is 10.4. The Labute approximate surface area is 99.8 Å². The van der Waals surface area contributed by atoms with Gasteiger partial charge in [0, 0.05) is 20.3 Å². The molecule has 0 aromatic carbocycles. The molecule has 1 rings (SSSR count). The van der Waals surface area contributed by atoms with E-state index in [4.69, 9.17) is 4.74 Å². The molecule has 0 saturated carbocycles. The van der Waals surface area contributed by atoms with Gasteiger partial charge in [-0.1, -0.05) is 19.6 Å². The lowest BCUT2D eigenvalue weighted by Crippen LogP contribution is -2.23. The number of nitrogens with zero attached hydrogens (tertiary/aromatic N) is 1. The summed E-state index contributed by atoms with van der Waals surface area (Å²) < 4.78 is 5.29. The smallest absolute Gasteiger partial charge is 0.375 e. The van der Waals surface area contributed by atoms with Gasteiger partial charge in [0.25, 0.3) is 11.3 Å². The number of ether oxygens (including phenoxy) is 1. The average molecular weight is 256 g/mol. The first kappa shape index (κ1) is 13.4. The van der Waals surface area contributed by atoms with Crippen molar-refractivity contribution in [3.63, 3.8) is 0 Å². The average Bonchev–Trinajstić information content (AvgIpc) is 2.14. The molecule has 94 valence electrons. The normalized spacial score (nSPS) is 11.2. The highest BCUT2D eigenvalue weighted by Crippen LogP contribution is 2.19. The minimum atomic E-state index is -1.26. The number of hydrogen-bond acceptors (Lipinski definition) is 4. The van der Waals surface area contributed by atoms with Gasteiger partial charge in [0.2, 0.25) is 0 Å². The number of pyridine rings is 1. The summed E-state index contributed by atoms with van der Waals surface area (Å²) in [7, 11) is -1.26. The van der Waals surface area contributed by atoms with Crippen LogP contribution in [0.25, 0.3) is 0 Å². The lowest BCUT2D eigenvalue weighted by Gasteiger charge is -2.15. The molecule has 0 amide bonds. The molecule has 0 atom stereocenters. The van der Waals surface area contributed by atoms with Crippen molar-refractivity contribution in [2.75, 3.05) is 6.61 Å². The zero-order valence-corrected chi connectivity index (χ0v) is 11.1. The third kappa shape index (κ3) is 4.02. The van der Waals surface area contributed by atoms with Crippen LogP contribution in [0.15, 0.2) is 17.1 Å². The van der Waals surface area contributed by atoms with Gasteiger partial charge in [0.1, 0.15) is 0 Å². The molecule has 1 aromatic heterocycles. The lowest BCUT2D eigenvalue weighted by molar-refractivity contribution is -0.387. The van der Waals surface area contributed by atoms with Crippen molar-refractivity contribution < 1.29 is 9.66 Å². The van der Waals surface area contributed by atoms with Gasteiger partial charge in [-0.05, 0) is 6.04 Å². The minimum absolute atomic E-state index is 0.0549. The SMILES string of the molecule is C[Si](C)(C)CCOc1[nH]ccc(=O)c1[N+](=O)[O-]. The quantitative estimate of drug-likeness (QED) is 0.496. The highest BCUT2D eigenvalue weighted by atomic mass is 28.3. The van der Waals surface area contributed by atoms with Crippen LogP contribution in [0, 0.1) is 10.1 Å². The number of nitro groups is 1. The maximum Gasteiger partial charge on any atom is 0.375 e. The molecule has 1 aromatic rings. The Morgan fingerprint density at radius 3 is 2.65 bits per heavy atom. The summed E-state index contributed by atoms with van der Waals surface area (Å²) in [6, 6.07) is 1.99. The molecule has 1 heterocycles. The first-order valence-electron chi connectivity index (χ1n) is 5.30. The van der Waals surface area contributed by atoms with Crippen molar-refractivity contribution in [1.29, 1.82) is 0 Å². The predicted molar refractivity (Wildman–Crippen MR) is 67.4 cm³/mol. The van der Waals surface area contributed by atoms with Gasteiger partial charge >= 0.3 is 5.69 Å². The second kappa shape index (κ2) is 5.13. The van der Waals surface area contributed by atoms with Crippen LogP contribution in [0.5, 0.6) is 5.88 Å². The van der Waals surface area contributed by atoms with Crippen molar-refractivity contribution in [2.45, 2.75) is 25.7 Å². The Kier molecular flexibility index (Phi) is 4.05. The second-order valence-corrected chi connectivity index (χ2v) is 10.6. The fourth-order valence-electron chi connectivity index (χ4n) is 1.19. The molecular formula is C10H16N2O4Si. The zero-order valence-electron chi connectivity index (χ0n) is 10.1. The van der Waals surface area contributed by atoms with E-state index in [1.54, 1.807) is 0 Å². The molecule has 17 heavy (non-hydrogen) atoms. The molecule has 6 nitrogen and oxygen atoms in total. The van der Waals surface area contributed by atoms with Crippen molar-refractivity contribution in [2.24, 2.45) is 0 Å². The number of aromatic nitrogens is 1. The minimum Gasteiger partial charge on any atom is -0.474 e. The van der Waals surface area contributed by atoms with Crippen LogP contribution in [-0.4, -0.2) is 24.6 Å². The standard InChI is InChI=1S/C10H16N2O4Si/c1-17(2,3)7-6-16-10-9(12(14)15)8(13)4-5-11-10/h4-5H,6-7H2,1-3H3,(H,11,13). The van der Waals surface area contributed by atoms with E-state index < -0.39 is 24.1 Å². The van der Waals surface area contributed by atoms with Crippen LogP contribution in [0.2, 0.25) is 25.7 Å². The van der Waals surface area contributed by atoms with Crippen molar-refractivity contribution in [1.82, 2.24) is 4.98 Å². The van der Waals surface area contributed by atoms with E-state index in [0.717, 1.165) is 12.1 Å². The zero-order chi connectivity index (χ0) is 13.1. The molecule has 0 aliphatic heterocycles. The molecular weight excluding hydrogens is 240 g/mol. The topological polar surface area (TPSA) is 85.2 Å². The summed E-state index contributed by atoms with van der Waals surface area (Å²) in [6.45, 7) is 6.92. The first-order valence-corrected chi connectivity index (χ1v) is 9.01. The summed E-state index contributed by atoms with van der Waals surface area (Å²) in [5, 5.41) is 10.7. The van der Waals surface area contributed by atoms with E-state index in [1.807, 2.05) is 0 Å². The van der Waals surface area contributed by atoms with Crippen LogP contribution in [0.3, 0.4) is 0 Å². The van der Waals surface area contributed by atoms with Gasteiger partial charge < -0.3 is 9.72 Å². The Bertz CT molecular complexity index is 464. The number of rotatable bonds is 5. The predicted octanol–water partition coefficient (Wildman–Crippen LogP) is 2.00. The summed E-state index contributed by atoms with van der Waals surface area (Å²) in [5.74, 6) is -0.0549. The van der Waals surface area contributed by atoms with Crippen LogP contribution in [0.1, 0.15) is 0 Å². The maximum atomic E-state index is 11.3. The number of aromatic amines is 1. The highest BCUT2D eigenvalue weighted by molar-refractivity contribution is 6.76. The fraction of sp³-hybridized carbons (Fsp3) is 0.500. The summed E-state index contributed by atoms with van der Waals surface area (Å²) in [4.78, 5) is 23.9. The number of nitrogens with one attached hydrogen (secondary N) is 1. The Morgan fingerprint density at radius 2 is 2.12 bits per heavy atom. The van der Waals surface area contributed by atoms with Gasteiger partial charge in [0.15, 0.2) is 0 Å². The molecule has 0 spiro atoms. The van der Waals surface area contributed by atoms with Crippen LogP contribution in [0.4, 0.5) is 5.69 Å². The Balaban J connectivity index is 2.82. The van der Waals surface area contributed by atoms with Gasteiger partial charge in [-0.25, -0.2) is 0 Å². The van der Waals surface area contributed by atoms with E-state index in [0.29, 0.717) is 6.61 Å². The third-order valence-corrected chi connectivity index (χ3v) is 3.88. The molecule has 0 saturated heterocycles. The highest BCUT2D eigenvalue weighted by Gasteiger charge is 2.21. The molecule has 0 bridgehead atoms. The number of hydrogen-bond donors (Lipinski definition) is 1. The Morgan fingerprint density at radius 1 is 1.47 bits per heavy atom. The second-order valence-electron chi connectivity index (χ2n) is 4.94. The fourth-order valence-corrected chi connectivity index (χ4v) is 1.91.